The van der Waals surface area contributed by atoms with E-state index in [1.54, 1.807) is 0 Å². The highest BCUT2D eigenvalue weighted by Gasteiger charge is 2.24. The van der Waals surface area contributed by atoms with Crippen LogP contribution in [0, 0.1) is 25.2 Å². The Labute approximate surface area is 104 Å². The Bertz CT molecular complexity index is 346. The third-order valence-corrected chi connectivity index (χ3v) is 4.79. The molecular formula is C14H25NS. The van der Waals surface area contributed by atoms with E-state index in [1.165, 1.54) is 15.3 Å². The number of thiophene rings is 1. The van der Waals surface area contributed by atoms with Gasteiger partial charge in [0.1, 0.15) is 0 Å². The lowest BCUT2D eigenvalue weighted by atomic mass is 9.78. The van der Waals surface area contributed by atoms with Gasteiger partial charge in [-0.3, -0.25) is 0 Å². The molecule has 0 saturated heterocycles. The molecule has 2 heteroatoms. The molecular weight excluding hydrogens is 214 g/mol. The fourth-order valence-electron chi connectivity index (χ4n) is 1.87. The van der Waals surface area contributed by atoms with Gasteiger partial charge in [0.15, 0.2) is 0 Å². The minimum atomic E-state index is 0.202. The Kier molecular flexibility index (Phi) is 4.19. The van der Waals surface area contributed by atoms with Crippen LogP contribution in [0.4, 0.5) is 0 Å². The zero-order valence-electron chi connectivity index (χ0n) is 11.4. The van der Waals surface area contributed by atoms with Crippen molar-refractivity contribution in [2.45, 2.75) is 54.0 Å². The molecule has 16 heavy (non-hydrogen) atoms. The lowest BCUT2D eigenvalue weighted by Gasteiger charge is -2.29. The molecule has 0 aliphatic rings. The first-order valence-electron chi connectivity index (χ1n) is 6.04. The van der Waals surface area contributed by atoms with Crippen molar-refractivity contribution in [3.8, 4) is 0 Å². The van der Waals surface area contributed by atoms with Crippen molar-refractivity contribution in [3.05, 3.63) is 21.4 Å². The van der Waals surface area contributed by atoms with Crippen molar-refractivity contribution < 1.29 is 0 Å². The zero-order chi connectivity index (χ0) is 12.5. The number of hydrogen-bond acceptors (Lipinski definition) is 2. The van der Waals surface area contributed by atoms with E-state index in [4.69, 9.17) is 5.73 Å². The molecule has 0 amide bonds. The van der Waals surface area contributed by atoms with Gasteiger partial charge in [-0.25, -0.2) is 0 Å². The Morgan fingerprint density at radius 1 is 1.31 bits per heavy atom. The second kappa shape index (κ2) is 4.89. The van der Waals surface area contributed by atoms with Crippen molar-refractivity contribution in [2.75, 3.05) is 0 Å². The predicted molar refractivity (Wildman–Crippen MR) is 74.0 cm³/mol. The van der Waals surface area contributed by atoms with E-state index < -0.39 is 0 Å². The van der Waals surface area contributed by atoms with E-state index in [0.29, 0.717) is 11.3 Å². The van der Waals surface area contributed by atoms with E-state index in [2.05, 4.69) is 47.6 Å². The standard InChI is InChI=1S/C14H25NS/c1-9-7-11(3)16-13(9)12(15)8-10(2)14(4,5)6/h7,10,12H,8,15H2,1-6H3. The minimum absolute atomic E-state index is 0.202. The van der Waals surface area contributed by atoms with Gasteiger partial charge in [-0.2, -0.15) is 0 Å². The van der Waals surface area contributed by atoms with E-state index in [1.807, 2.05) is 11.3 Å². The Balaban J connectivity index is 2.73. The van der Waals surface area contributed by atoms with Gasteiger partial charge in [-0.15, -0.1) is 11.3 Å². The summed E-state index contributed by atoms with van der Waals surface area (Å²) in [7, 11) is 0. The second-order valence-corrected chi connectivity index (χ2v) is 7.30. The first-order chi connectivity index (χ1) is 7.21. The van der Waals surface area contributed by atoms with Crippen LogP contribution < -0.4 is 5.73 Å². The number of aryl methyl sites for hydroxylation is 2. The molecule has 92 valence electrons. The van der Waals surface area contributed by atoms with E-state index in [-0.39, 0.29) is 6.04 Å². The zero-order valence-corrected chi connectivity index (χ0v) is 12.2. The average molecular weight is 239 g/mol. The number of rotatable bonds is 3. The van der Waals surface area contributed by atoms with Gasteiger partial charge < -0.3 is 5.73 Å². The molecule has 1 aromatic heterocycles. The van der Waals surface area contributed by atoms with Crippen molar-refractivity contribution in [1.29, 1.82) is 0 Å². The maximum Gasteiger partial charge on any atom is 0.0395 e. The fourth-order valence-corrected chi connectivity index (χ4v) is 2.92. The molecule has 1 aromatic rings. The first-order valence-corrected chi connectivity index (χ1v) is 6.86. The van der Waals surface area contributed by atoms with Gasteiger partial charge in [-0.05, 0) is 43.2 Å². The first kappa shape index (κ1) is 13.7. The normalized spacial score (nSPS) is 16.2. The van der Waals surface area contributed by atoms with Crippen LogP contribution in [0.1, 0.15) is 55.5 Å². The molecule has 2 N–H and O–H groups in total. The maximum absolute atomic E-state index is 6.32. The second-order valence-electron chi connectivity index (χ2n) is 6.01. The molecule has 0 spiro atoms. The summed E-state index contributed by atoms with van der Waals surface area (Å²) < 4.78 is 0. The van der Waals surface area contributed by atoms with Crippen LogP contribution in [0.2, 0.25) is 0 Å². The van der Waals surface area contributed by atoms with Crippen LogP contribution in [0.5, 0.6) is 0 Å². The molecule has 1 rings (SSSR count). The predicted octanol–water partition coefficient (Wildman–Crippen LogP) is 4.44. The molecule has 2 unspecified atom stereocenters. The van der Waals surface area contributed by atoms with Gasteiger partial charge >= 0.3 is 0 Å². The van der Waals surface area contributed by atoms with Gasteiger partial charge in [0, 0.05) is 15.8 Å². The molecule has 0 radical (unpaired) electrons. The molecule has 2 atom stereocenters. The highest BCUT2D eigenvalue weighted by Crippen LogP contribution is 2.35. The lowest BCUT2D eigenvalue weighted by Crippen LogP contribution is -2.23. The summed E-state index contributed by atoms with van der Waals surface area (Å²) in [5.74, 6) is 0.643. The highest BCUT2D eigenvalue weighted by atomic mass is 32.1. The van der Waals surface area contributed by atoms with Crippen LogP contribution in [0.3, 0.4) is 0 Å². The largest absolute Gasteiger partial charge is 0.323 e. The Morgan fingerprint density at radius 2 is 1.88 bits per heavy atom. The van der Waals surface area contributed by atoms with Crippen LogP contribution in [-0.2, 0) is 0 Å². The summed E-state index contributed by atoms with van der Waals surface area (Å²) >= 11 is 1.85. The summed E-state index contributed by atoms with van der Waals surface area (Å²) in [6, 6.07) is 2.44. The third kappa shape index (κ3) is 3.33. The van der Waals surface area contributed by atoms with Crippen LogP contribution >= 0.6 is 11.3 Å². The highest BCUT2D eigenvalue weighted by molar-refractivity contribution is 7.12. The van der Waals surface area contributed by atoms with E-state index in [9.17, 15) is 0 Å². The molecule has 0 aliphatic heterocycles. The van der Waals surface area contributed by atoms with Crippen molar-refractivity contribution in [1.82, 2.24) is 0 Å². The molecule has 0 bridgehead atoms. The van der Waals surface area contributed by atoms with Gasteiger partial charge in [0.05, 0.1) is 0 Å². The van der Waals surface area contributed by atoms with Crippen molar-refractivity contribution >= 4 is 11.3 Å². The van der Waals surface area contributed by atoms with Crippen molar-refractivity contribution in [3.63, 3.8) is 0 Å². The smallest absolute Gasteiger partial charge is 0.0395 e. The maximum atomic E-state index is 6.32. The number of hydrogen-bond donors (Lipinski definition) is 1. The molecule has 0 aromatic carbocycles. The summed E-state index contributed by atoms with van der Waals surface area (Å²) in [6.45, 7) is 13.5. The summed E-state index contributed by atoms with van der Waals surface area (Å²) in [5.41, 5.74) is 8.02. The van der Waals surface area contributed by atoms with Gasteiger partial charge in [0.25, 0.3) is 0 Å². The molecule has 1 nitrogen and oxygen atoms in total. The van der Waals surface area contributed by atoms with Crippen LogP contribution in [0.15, 0.2) is 6.07 Å². The quantitative estimate of drug-likeness (QED) is 0.829. The third-order valence-electron chi connectivity index (χ3n) is 3.50. The molecule has 0 fully saturated rings. The van der Waals surface area contributed by atoms with Crippen LogP contribution in [0.25, 0.3) is 0 Å². The van der Waals surface area contributed by atoms with Crippen LogP contribution in [-0.4, -0.2) is 0 Å². The average Bonchev–Trinajstić information content (AvgIpc) is 2.43. The monoisotopic (exact) mass is 239 g/mol. The summed E-state index contributed by atoms with van der Waals surface area (Å²) in [5, 5.41) is 0. The Hall–Kier alpha value is -0.340. The SMILES string of the molecule is Cc1cc(C)c(C(N)CC(C)C(C)(C)C)s1. The summed E-state index contributed by atoms with van der Waals surface area (Å²) in [6.07, 6.45) is 1.07. The lowest BCUT2D eigenvalue weighted by molar-refractivity contribution is 0.234. The van der Waals surface area contributed by atoms with Gasteiger partial charge in [0.2, 0.25) is 0 Å². The Morgan fingerprint density at radius 3 is 2.25 bits per heavy atom. The number of nitrogens with two attached hydrogens (primary N) is 1. The molecule has 0 aliphatic carbocycles. The minimum Gasteiger partial charge on any atom is -0.323 e. The van der Waals surface area contributed by atoms with E-state index >= 15 is 0 Å². The fraction of sp³-hybridized carbons (Fsp3) is 0.714. The van der Waals surface area contributed by atoms with E-state index in [0.717, 1.165) is 6.42 Å². The van der Waals surface area contributed by atoms with Crippen molar-refractivity contribution in [2.24, 2.45) is 17.1 Å². The molecule has 1 heterocycles. The summed E-state index contributed by atoms with van der Waals surface area (Å²) in [4.78, 5) is 2.74. The topological polar surface area (TPSA) is 26.0 Å². The van der Waals surface area contributed by atoms with Gasteiger partial charge in [-0.1, -0.05) is 27.7 Å². The molecule has 0 saturated carbocycles.